The minimum Gasteiger partial charge on any atom is -0.490 e. The summed E-state index contributed by atoms with van der Waals surface area (Å²) in [7, 11) is 0. The lowest BCUT2D eigenvalue weighted by molar-refractivity contribution is 0.269. The quantitative estimate of drug-likeness (QED) is 0.156. The van der Waals surface area contributed by atoms with Crippen molar-refractivity contribution in [3.05, 3.63) is 122 Å². The molecule has 0 saturated carbocycles. The highest BCUT2D eigenvalue weighted by Crippen LogP contribution is 2.37. The van der Waals surface area contributed by atoms with Crippen molar-refractivity contribution in [2.45, 2.75) is 13.5 Å². The van der Waals surface area contributed by atoms with Crippen molar-refractivity contribution in [2.75, 3.05) is 6.61 Å². The largest absolute Gasteiger partial charge is 0.490 e. The van der Waals surface area contributed by atoms with Crippen LogP contribution >= 0.6 is 27.5 Å². The van der Waals surface area contributed by atoms with Crippen LogP contribution in [0, 0.1) is 5.82 Å². The molecule has 2 heterocycles. The molecule has 6 rings (SSSR count). The maximum absolute atomic E-state index is 13.6. The van der Waals surface area contributed by atoms with E-state index in [1.54, 1.807) is 42.5 Å². The number of hydrogen-bond donors (Lipinski definition) is 0. The summed E-state index contributed by atoms with van der Waals surface area (Å²) in [4.78, 5) is 18.3. The number of fused-ring (bicyclic) bond motifs is 2. The maximum atomic E-state index is 13.6. The Morgan fingerprint density at radius 3 is 2.74 bits per heavy atom. The van der Waals surface area contributed by atoms with Gasteiger partial charge in [0.1, 0.15) is 18.0 Å². The first-order chi connectivity index (χ1) is 20.4. The van der Waals surface area contributed by atoms with Crippen LogP contribution in [-0.4, -0.2) is 22.5 Å². The van der Waals surface area contributed by atoms with E-state index in [9.17, 15) is 9.18 Å². The fourth-order valence-corrected chi connectivity index (χ4v) is 5.14. The average molecular weight is 647 g/mol. The van der Waals surface area contributed by atoms with E-state index in [4.69, 9.17) is 30.5 Å². The first-order valence-electron chi connectivity index (χ1n) is 13.0. The lowest BCUT2D eigenvalue weighted by Crippen LogP contribution is -2.20. The SMILES string of the molecule is CCOc1cc(C=Nn2c(-c3cc4cc(Br)ccc4o3)nc3ccccc3c2=O)cc(Cl)c1OCc1cccc(F)c1. The summed E-state index contributed by atoms with van der Waals surface area (Å²) >= 11 is 10.1. The summed E-state index contributed by atoms with van der Waals surface area (Å²) < 4.78 is 33.5. The highest BCUT2D eigenvalue weighted by molar-refractivity contribution is 9.10. The minimum absolute atomic E-state index is 0.0978. The lowest BCUT2D eigenvalue weighted by atomic mass is 10.2. The van der Waals surface area contributed by atoms with Gasteiger partial charge in [-0.15, -0.1) is 0 Å². The third kappa shape index (κ3) is 5.66. The molecule has 0 fully saturated rings. The standard InChI is InChI=1S/C32H22BrClFN3O4/c1-2-40-28-14-20(13-25(34)30(28)41-18-19-6-5-7-23(35)12-19)17-36-38-31(37-26-9-4-3-8-24(26)32(38)39)29-16-21-15-22(33)10-11-27(21)42-29/h3-17H,2,18H2,1H3. The number of ether oxygens (including phenoxy) is 2. The zero-order valence-corrected chi connectivity index (χ0v) is 24.5. The van der Waals surface area contributed by atoms with Crippen LogP contribution in [0.25, 0.3) is 33.5 Å². The van der Waals surface area contributed by atoms with Gasteiger partial charge in [0, 0.05) is 9.86 Å². The van der Waals surface area contributed by atoms with Crippen molar-refractivity contribution in [3.63, 3.8) is 0 Å². The number of halogens is 3. The van der Waals surface area contributed by atoms with Crippen LogP contribution in [-0.2, 0) is 6.61 Å². The van der Waals surface area contributed by atoms with Crippen molar-refractivity contribution >= 4 is 55.6 Å². The van der Waals surface area contributed by atoms with Crippen LogP contribution in [0.4, 0.5) is 4.39 Å². The molecule has 2 aromatic heterocycles. The van der Waals surface area contributed by atoms with Crippen LogP contribution in [0.15, 0.2) is 104 Å². The van der Waals surface area contributed by atoms with Crippen molar-refractivity contribution in [2.24, 2.45) is 5.10 Å². The Morgan fingerprint density at radius 1 is 1.05 bits per heavy atom. The zero-order valence-electron chi connectivity index (χ0n) is 22.2. The molecule has 0 aliphatic heterocycles. The van der Waals surface area contributed by atoms with Crippen LogP contribution < -0.4 is 15.0 Å². The second-order valence-corrected chi connectivity index (χ2v) is 10.6. The Labute approximate surface area is 252 Å². The predicted octanol–water partition coefficient (Wildman–Crippen LogP) is 8.22. The summed E-state index contributed by atoms with van der Waals surface area (Å²) in [5.74, 6) is 0.978. The molecule has 210 valence electrons. The molecule has 7 nitrogen and oxygen atoms in total. The summed E-state index contributed by atoms with van der Waals surface area (Å²) in [5.41, 5.74) is 2.01. The molecule has 0 aliphatic carbocycles. The number of rotatable bonds is 8. The fraction of sp³-hybridized carbons (Fsp3) is 0.0938. The van der Waals surface area contributed by atoms with Crippen molar-refractivity contribution in [1.29, 1.82) is 0 Å². The minimum atomic E-state index is -0.361. The third-order valence-corrected chi connectivity index (χ3v) is 7.15. The third-order valence-electron chi connectivity index (χ3n) is 6.38. The van der Waals surface area contributed by atoms with E-state index in [0.29, 0.717) is 51.5 Å². The molecule has 0 saturated heterocycles. The van der Waals surface area contributed by atoms with E-state index in [2.05, 4.69) is 21.0 Å². The van der Waals surface area contributed by atoms with Crippen LogP contribution in [0.2, 0.25) is 5.02 Å². The van der Waals surface area contributed by atoms with Gasteiger partial charge in [0.2, 0.25) is 5.82 Å². The number of para-hydroxylation sites is 1. The second kappa shape index (κ2) is 11.8. The summed E-state index contributed by atoms with van der Waals surface area (Å²) in [6, 6.07) is 24.0. The van der Waals surface area contributed by atoms with Crippen LogP contribution in [0.3, 0.4) is 0 Å². The van der Waals surface area contributed by atoms with E-state index < -0.39 is 0 Å². The molecule has 0 amide bonds. The molecular weight excluding hydrogens is 625 g/mol. The number of aromatic nitrogens is 2. The zero-order chi connectivity index (χ0) is 29.2. The molecule has 0 radical (unpaired) electrons. The predicted molar refractivity (Wildman–Crippen MR) is 165 cm³/mol. The molecule has 0 N–H and O–H groups in total. The molecule has 0 bridgehead atoms. The van der Waals surface area contributed by atoms with Gasteiger partial charge < -0.3 is 13.9 Å². The van der Waals surface area contributed by atoms with Gasteiger partial charge in [-0.1, -0.05) is 51.8 Å². The van der Waals surface area contributed by atoms with E-state index in [1.807, 2.05) is 37.3 Å². The number of furan rings is 1. The smallest absolute Gasteiger partial charge is 0.282 e. The van der Waals surface area contributed by atoms with Gasteiger partial charge in [0.15, 0.2) is 17.3 Å². The van der Waals surface area contributed by atoms with Gasteiger partial charge in [0.25, 0.3) is 5.56 Å². The Balaban J connectivity index is 1.40. The molecule has 10 heteroatoms. The van der Waals surface area contributed by atoms with Gasteiger partial charge in [-0.05, 0) is 78.7 Å². The van der Waals surface area contributed by atoms with Crippen LogP contribution in [0.5, 0.6) is 11.5 Å². The lowest BCUT2D eigenvalue weighted by Gasteiger charge is -2.14. The molecule has 4 aromatic carbocycles. The Morgan fingerprint density at radius 2 is 1.90 bits per heavy atom. The van der Waals surface area contributed by atoms with Gasteiger partial charge in [-0.3, -0.25) is 4.79 Å². The van der Waals surface area contributed by atoms with Gasteiger partial charge in [-0.2, -0.15) is 9.78 Å². The number of benzene rings is 4. The van der Waals surface area contributed by atoms with E-state index in [1.165, 1.54) is 23.0 Å². The monoisotopic (exact) mass is 645 g/mol. The van der Waals surface area contributed by atoms with Gasteiger partial charge >= 0.3 is 0 Å². The van der Waals surface area contributed by atoms with Gasteiger partial charge in [0.05, 0.1) is 28.7 Å². The summed E-state index contributed by atoms with van der Waals surface area (Å²) in [5, 5.41) is 6.04. The first kappa shape index (κ1) is 27.7. The molecular formula is C32H22BrClFN3O4. The number of nitrogens with zero attached hydrogens (tertiary/aromatic N) is 3. The van der Waals surface area contributed by atoms with Crippen LogP contribution in [0.1, 0.15) is 18.1 Å². The normalized spacial score (nSPS) is 11.5. The van der Waals surface area contributed by atoms with Gasteiger partial charge in [-0.25, -0.2) is 9.37 Å². The molecule has 6 aromatic rings. The van der Waals surface area contributed by atoms with E-state index in [0.717, 1.165) is 9.86 Å². The topological polar surface area (TPSA) is 78.9 Å². The Hall–Kier alpha value is -4.47. The average Bonchev–Trinajstić information content (AvgIpc) is 3.39. The number of hydrogen-bond acceptors (Lipinski definition) is 6. The first-order valence-corrected chi connectivity index (χ1v) is 14.2. The van der Waals surface area contributed by atoms with Crippen molar-refractivity contribution in [3.8, 4) is 23.1 Å². The molecule has 0 aliphatic rings. The highest BCUT2D eigenvalue weighted by atomic mass is 79.9. The van der Waals surface area contributed by atoms with Crippen molar-refractivity contribution in [1.82, 2.24) is 9.66 Å². The van der Waals surface area contributed by atoms with E-state index in [-0.39, 0.29) is 28.8 Å². The highest BCUT2D eigenvalue weighted by Gasteiger charge is 2.17. The van der Waals surface area contributed by atoms with E-state index >= 15 is 0 Å². The second-order valence-electron chi connectivity index (χ2n) is 9.29. The fourth-order valence-electron chi connectivity index (χ4n) is 4.49. The van der Waals surface area contributed by atoms with Crippen molar-refractivity contribution < 1.29 is 18.3 Å². The molecule has 0 atom stereocenters. The summed E-state index contributed by atoms with van der Waals surface area (Å²) in [6.07, 6.45) is 1.49. The Bertz CT molecular complexity index is 2040. The molecule has 42 heavy (non-hydrogen) atoms. The maximum Gasteiger partial charge on any atom is 0.282 e. The Kier molecular flexibility index (Phi) is 7.78. The molecule has 0 spiro atoms. The summed E-state index contributed by atoms with van der Waals surface area (Å²) in [6.45, 7) is 2.29. The molecule has 0 unspecified atom stereocenters.